The quantitative estimate of drug-likeness (QED) is 0.548. The normalized spacial score (nSPS) is 29.4. The Morgan fingerprint density at radius 3 is 2.94 bits per heavy atom. The summed E-state index contributed by atoms with van der Waals surface area (Å²) in [6.07, 6.45) is 14.5. The number of nitrogens with zero attached hydrogens (tertiary/aromatic N) is 2. The maximum Gasteiger partial charge on any atom is 0.0621 e. The van der Waals surface area contributed by atoms with Crippen molar-refractivity contribution < 1.29 is 0 Å². The van der Waals surface area contributed by atoms with Gasteiger partial charge in [0, 0.05) is 13.0 Å². The monoisotopic (exact) mass is 232 g/mol. The van der Waals surface area contributed by atoms with Gasteiger partial charge in [-0.2, -0.15) is 5.26 Å². The maximum atomic E-state index is 8.53. The van der Waals surface area contributed by atoms with Gasteiger partial charge in [0.1, 0.15) is 0 Å². The molecule has 1 fully saturated rings. The maximum absolute atomic E-state index is 8.53. The minimum absolute atomic E-state index is 0.599. The zero-order chi connectivity index (χ0) is 12.0. The van der Waals surface area contributed by atoms with Gasteiger partial charge in [-0.05, 0) is 63.5 Å². The van der Waals surface area contributed by atoms with Crippen molar-refractivity contribution in [2.75, 3.05) is 19.6 Å². The molecule has 0 aromatic heterocycles. The molecule has 1 unspecified atom stereocenters. The van der Waals surface area contributed by atoms with Crippen LogP contribution in [0.2, 0.25) is 0 Å². The highest BCUT2D eigenvalue weighted by molar-refractivity contribution is 5.00. The summed E-state index contributed by atoms with van der Waals surface area (Å²) in [6.45, 7) is 3.77. The van der Waals surface area contributed by atoms with Crippen LogP contribution in [0.15, 0.2) is 12.2 Å². The Bertz CT molecular complexity index is 303. The van der Waals surface area contributed by atoms with E-state index in [1.165, 1.54) is 58.2 Å². The van der Waals surface area contributed by atoms with Crippen molar-refractivity contribution in [2.45, 2.75) is 51.4 Å². The second-order valence-electron chi connectivity index (χ2n) is 5.71. The van der Waals surface area contributed by atoms with Crippen LogP contribution in [0.4, 0.5) is 0 Å². The third-order valence-corrected chi connectivity index (χ3v) is 4.31. The first-order chi connectivity index (χ1) is 8.35. The molecule has 1 atom stereocenters. The second-order valence-corrected chi connectivity index (χ2v) is 5.71. The third-order valence-electron chi connectivity index (χ3n) is 4.31. The smallest absolute Gasteiger partial charge is 0.0621 e. The van der Waals surface area contributed by atoms with E-state index >= 15 is 0 Å². The Hall–Kier alpha value is -0.810. The molecule has 1 saturated heterocycles. The van der Waals surface area contributed by atoms with Crippen molar-refractivity contribution in [2.24, 2.45) is 5.41 Å². The van der Waals surface area contributed by atoms with Crippen LogP contribution in [0.3, 0.4) is 0 Å². The molecule has 94 valence electrons. The van der Waals surface area contributed by atoms with Gasteiger partial charge in [0.05, 0.1) is 6.07 Å². The average Bonchev–Trinajstić information content (AvgIpc) is 2.36. The van der Waals surface area contributed by atoms with Gasteiger partial charge in [0.25, 0.3) is 0 Å². The van der Waals surface area contributed by atoms with Crippen molar-refractivity contribution in [3.63, 3.8) is 0 Å². The Labute approximate surface area is 105 Å². The van der Waals surface area contributed by atoms with Crippen LogP contribution in [0.1, 0.15) is 51.4 Å². The summed E-state index contributed by atoms with van der Waals surface area (Å²) in [5.41, 5.74) is 0.599. The van der Waals surface area contributed by atoms with E-state index in [4.69, 9.17) is 5.26 Å². The summed E-state index contributed by atoms with van der Waals surface area (Å²) in [7, 11) is 0. The van der Waals surface area contributed by atoms with E-state index in [1.54, 1.807) is 0 Å². The average molecular weight is 232 g/mol. The van der Waals surface area contributed by atoms with Gasteiger partial charge in [-0.1, -0.05) is 12.2 Å². The van der Waals surface area contributed by atoms with Crippen LogP contribution >= 0.6 is 0 Å². The Morgan fingerprint density at radius 2 is 2.18 bits per heavy atom. The van der Waals surface area contributed by atoms with Crippen molar-refractivity contribution in [3.05, 3.63) is 12.2 Å². The third kappa shape index (κ3) is 3.57. The molecule has 17 heavy (non-hydrogen) atoms. The Kier molecular flexibility index (Phi) is 4.62. The molecule has 0 saturated carbocycles. The molecule has 1 heterocycles. The van der Waals surface area contributed by atoms with Gasteiger partial charge >= 0.3 is 0 Å². The van der Waals surface area contributed by atoms with E-state index in [9.17, 15) is 0 Å². The Morgan fingerprint density at radius 1 is 1.24 bits per heavy atom. The number of allylic oxidation sites excluding steroid dienone is 2. The van der Waals surface area contributed by atoms with Crippen LogP contribution in [0, 0.1) is 16.7 Å². The fraction of sp³-hybridized carbons (Fsp3) is 0.800. The van der Waals surface area contributed by atoms with Gasteiger partial charge in [-0.25, -0.2) is 0 Å². The number of piperidine rings is 1. The van der Waals surface area contributed by atoms with Crippen LogP contribution in [-0.2, 0) is 0 Å². The van der Waals surface area contributed by atoms with E-state index < -0.39 is 0 Å². The van der Waals surface area contributed by atoms with Gasteiger partial charge in [-0.3, -0.25) is 0 Å². The molecule has 0 bridgehead atoms. The molecule has 2 heteroatoms. The molecule has 0 aromatic carbocycles. The number of nitriles is 1. The first-order valence-electron chi connectivity index (χ1n) is 7.09. The molecule has 1 aliphatic heterocycles. The van der Waals surface area contributed by atoms with Gasteiger partial charge in [0.15, 0.2) is 0 Å². The van der Waals surface area contributed by atoms with Crippen LogP contribution < -0.4 is 0 Å². The molecule has 2 aliphatic rings. The summed E-state index contributed by atoms with van der Waals surface area (Å²) in [6, 6.07) is 2.23. The van der Waals surface area contributed by atoms with E-state index in [0.717, 1.165) is 12.8 Å². The minimum atomic E-state index is 0.599. The topological polar surface area (TPSA) is 27.0 Å². The van der Waals surface area contributed by atoms with Crippen molar-refractivity contribution in [1.82, 2.24) is 4.90 Å². The van der Waals surface area contributed by atoms with Gasteiger partial charge < -0.3 is 4.90 Å². The number of hydrogen-bond donors (Lipinski definition) is 0. The molecule has 0 aromatic rings. The summed E-state index contributed by atoms with van der Waals surface area (Å²) in [4.78, 5) is 2.64. The summed E-state index contributed by atoms with van der Waals surface area (Å²) in [5, 5.41) is 8.53. The van der Waals surface area contributed by atoms with E-state index in [2.05, 4.69) is 23.1 Å². The summed E-state index contributed by atoms with van der Waals surface area (Å²) < 4.78 is 0. The van der Waals surface area contributed by atoms with Crippen molar-refractivity contribution in [1.29, 1.82) is 5.26 Å². The zero-order valence-electron chi connectivity index (χ0n) is 10.8. The molecular formula is C15H24N2. The summed E-state index contributed by atoms with van der Waals surface area (Å²) >= 11 is 0. The molecule has 0 radical (unpaired) electrons. The largest absolute Gasteiger partial charge is 0.303 e. The highest BCUT2D eigenvalue weighted by Gasteiger charge is 2.34. The first kappa shape index (κ1) is 12.6. The first-order valence-corrected chi connectivity index (χ1v) is 7.09. The standard InChI is InChI=1S/C15H24N2/c16-11-5-2-6-12-17-13-7-10-15(14-17)8-3-1-4-9-15/h1,3H,2,4-10,12-14H2. The van der Waals surface area contributed by atoms with E-state index in [0.29, 0.717) is 5.41 Å². The molecule has 0 N–H and O–H groups in total. The molecule has 0 amide bonds. The predicted molar refractivity (Wildman–Crippen MR) is 70.6 cm³/mol. The van der Waals surface area contributed by atoms with Crippen LogP contribution in [0.5, 0.6) is 0 Å². The molecule has 2 rings (SSSR count). The minimum Gasteiger partial charge on any atom is -0.303 e. The lowest BCUT2D eigenvalue weighted by Crippen LogP contribution is -2.44. The predicted octanol–water partition coefficient (Wildman–Crippen LogP) is 3.50. The zero-order valence-corrected chi connectivity index (χ0v) is 10.8. The summed E-state index contributed by atoms with van der Waals surface area (Å²) in [5.74, 6) is 0. The lowest BCUT2D eigenvalue weighted by atomic mass is 9.71. The van der Waals surface area contributed by atoms with Gasteiger partial charge in [0.2, 0.25) is 0 Å². The number of rotatable bonds is 4. The molecule has 1 spiro atoms. The number of hydrogen-bond acceptors (Lipinski definition) is 2. The van der Waals surface area contributed by atoms with Crippen LogP contribution in [0.25, 0.3) is 0 Å². The fourth-order valence-electron chi connectivity index (χ4n) is 3.35. The number of likely N-dealkylation sites (tertiary alicyclic amines) is 1. The van der Waals surface area contributed by atoms with Crippen molar-refractivity contribution in [3.8, 4) is 6.07 Å². The SMILES string of the molecule is N#CCCCCN1CCCC2(CC=CCC2)C1. The second kappa shape index (κ2) is 6.21. The lowest BCUT2D eigenvalue weighted by molar-refractivity contribution is 0.0781. The number of unbranched alkanes of at least 4 members (excludes halogenated alkanes) is 2. The molecule has 1 aliphatic carbocycles. The van der Waals surface area contributed by atoms with Crippen LogP contribution in [-0.4, -0.2) is 24.5 Å². The lowest BCUT2D eigenvalue weighted by Gasteiger charge is -2.44. The van der Waals surface area contributed by atoms with Crippen molar-refractivity contribution >= 4 is 0 Å². The highest BCUT2D eigenvalue weighted by atomic mass is 15.1. The van der Waals surface area contributed by atoms with Gasteiger partial charge in [-0.15, -0.1) is 0 Å². The fourth-order valence-corrected chi connectivity index (χ4v) is 3.35. The highest BCUT2D eigenvalue weighted by Crippen LogP contribution is 2.40. The Balaban J connectivity index is 1.77. The van der Waals surface area contributed by atoms with E-state index in [1.807, 2.05) is 0 Å². The molecular weight excluding hydrogens is 208 g/mol. The van der Waals surface area contributed by atoms with E-state index in [-0.39, 0.29) is 0 Å². The molecule has 2 nitrogen and oxygen atoms in total.